The number of unbranched alkanes of at least 4 members (excludes halogenated alkanes) is 3. The molecule has 2 aromatic carbocycles. The third kappa shape index (κ3) is 9.98. The van der Waals surface area contributed by atoms with Gasteiger partial charge in [0.25, 0.3) is 0 Å². The van der Waals surface area contributed by atoms with E-state index in [1.54, 1.807) is 26.4 Å². The SMILES string of the molecule is COc1ccc(/C=C/C(=O)OCCCCCCOC(=O)/C=C/c2ccc(OC)cc2)cc1. The summed E-state index contributed by atoms with van der Waals surface area (Å²) in [5.74, 6) is 0.811. The molecule has 6 nitrogen and oxygen atoms in total. The molecule has 0 radical (unpaired) electrons. The van der Waals surface area contributed by atoms with Gasteiger partial charge >= 0.3 is 11.9 Å². The van der Waals surface area contributed by atoms with Crippen LogP contribution in [0, 0.1) is 0 Å². The van der Waals surface area contributed by atoms with Crippen LogP contribution in [-0.2, 0) is 19.1 Å². The fourth-order valence-corrected chi connectivity index (χ4v) is 2.76. The van der Waals surface area contributed by atoms with Crippen molar-refractivity contribution in [1.29, 1.82) is 0 Å². The van der Waals surface area contributed by atoms with Crippen molar-refractivity contribution in [2.75, 3.05) is 27.4 Å². The van der Waals surface area contributed by atoms with Crippen molar-refractivity contribution in [3.05, 3.63) is 71.8 Å². The Morgan fingerprint density at radius 3 is 1.34 bits per heavy atom. The Hall–Kier alpha value is -3.54. The first-order valence-electron chi connectivity index (χ1n) is 10.6. The Bertz CT molecular complexity index is 806. The van der Waals surface area contributed by atoms with E-state index >= 15 is 0 Å². The van der Waals surface area contributed by atoms with Gasteiger partial charge in [-0.3, -0.25) is 0 Å². The highest BCUT2D eigenvalue weighted by Gasteiger charge is 2.00. The maximum atomic E-state index is 11.7. The molecule has 0 aromatic heterocycles. The molecule has 0 saturated carbocycles. The summed E-state index contributed by atoms with van der Waals surface area (Å²) >= 11 is 0. The van der Waals surface area contributed by atoms with Crippen molar-refractivity contribution in [3.63, 3.8) is 0 Å². The lowest BCUT2D eigenvalue weighted by atomic mass is 10.2. The summed E-state index contributed by atoms with van der Waals surface area (Å²) in [7, 11) is 3.22. The monoisotopic (exact) mass is 438 g/mol. The molecule has 0 atom stereocenters. The van der Waals surface area contributed by atoms with Crippen LogP contribution < -0.4 is 9.47 Å². The van der Waals surface area contributed by atoms with Gasteiger partial charge in [0, 0.05) is 12.2 Å². The van der Waals surface area contributed by atoms with E-state index in [0.717, 1.165) is 48.3 Å². The zero-order valence-electron chi connectivity index (χ0n) is 18.6. The maximum absolute atomic E-state index is 11.7. The Labute approximate surface area is 189 Å². The lowest BCUT2D eigenvalue weighted by molar-refractivity contribution is -0.139. The van der Waals surface area contributed by atoms with Crippen LogP contribution in [0.15, 0.2) is 60.7 Å². The van der Waals surface area contributed by atoms with E-state index in [-0.39, 0.29) is 11.9 Å². The number of hydrogen-bond acceptors (Lipinski definition) is 6. The van der Waals surface area contributed by atoms with E-state index in [1.807, 2.05) is 48.5 Å². The molecular weight excluding hydrogens is 408 g/mol. The molecule has 0 heterocycles. The van der Waals surface area contributed by atoms with Gasteiger partial charge in [-0.1, -0.05) is 24.3 Å². The van der Waals surface area contributed by atoms with Gasteiger partial charge in [-0.05, 0) is 73.2 Å². The summed E-state index contributed by atoms with van der Waals surface area (Å²) in [6, 6.07) is 14.8. The highest BCUT2D eigenvalue weighted by Crippen LogP contribution is 2.13. The molecule has 0 N–H and O–H groups in total. The van der Waals surface area contributed by atoms with E-state index in [0.29, 0.717) is 13.2 Å². The fourth-order valence-electron chi connectivity index (χ4n) is 2.76. The van der Waals surface area contributed by atoms with E-state index in [4.69, 9.17) is 18.9 Å². The van der Waals surface area contributed by atoms with E-state index in [9.17, 15) is 9.59 Å². The van der Waals surface area contributed by atoms with Gasteiger partial charge in [0.2, 0.25) is 0 Å². The zero-order chi connectivity index (χ0) is 23.0. The van der Waals surface area contributed by atoms with Crippen molar-refractivity contribution < 1.29 is 28.5 Å². The molecule has 0 saturated heterocycles. The zero-order valence-corrected chi connectivity index (χ0v) is 18.6. The molecule has 0 aliphatic carbocycles. The van der Waals surface area contributed by atoms with Crippen LogP contribution in [0.3, 0.4) is 0 Å². The van der Waals surface area contributed by atoms with Crippen molar-refractivity contribution in [1.82, 2.24) is 0 Å². The lowest BCUT2D eigenvalue weighted by Gasteiger charge is -2.04. The normalized spacial score (nSPS) is 10.9. The summed E-state index contributed by atoms with van der Waals surface area (Å²) in [5.41, 5.74) is 1.80. The first-order valence-corrected chi connectivity index (χ1v) is 10.6. The minimum atomic E-state index is -0.363. The standard InChI is InChI=1S/C26H30O6/c1-29-23-13-7-21(8-14-23)11-17-25(27)31-19-5-3-4-6-20-32-26(28)18-12-22-9-15-24(30-2)16-10-22/h7-18H,3-6,19-20H2,1-2H3/b17-11+,18-12+. The third-order valence-corrected chi connectivity index (χ3v) is 4.58. The van der Waals surface area contributed by atoms with Crippen LogP contribution in [0.4, 0.5) is 0 Å². The highest BCUT2D eigenvalue weighted by molar-refractivity contribution is 5.87. The Morgan fingerprint density at radius 2 is 1.00 bits per heavy atom. The molecule has 0 bridgehead atoms. The number of methoxy groups -OCH3 is 2. The Kier molecular flexibility index (Phi) is 11.2. The number of carbonyl (C=O) groups excluding carboxylic acids is 2. The second-order valence-electron chi connectivity index (χ2n) is 6.96. The molecule has 170 valence electrons. The topological polar surface area (TPSA) is 71.1 Å². The first-order chi connectivity index (χ1) is 15.6. The average Bonchev–Trinajstić information content (AvgIpc) is 2.83. The second-order valence-corrected chi connectivity index (χ2v) is 6.96. The maximum Gasteiger partial charge on any atom is 0.330 e. The van der Waals surface area contributed by atoms with Crippen molar-refractivity contribution in [3.8, 4) is 11.5 Å². The summed E-state index contributed by atoms with van der Waals surface area (Å²) < 4.78 is 20.6. The smallest absolute Gasteiger partial charge is 0.330 e. The van der Waals surface area contributed by atoms with Crippen LogP contribution in [0.25, 0.3) is 12.2 Å². The summed E-state index contributed by atoms with van der Waals surface area (Å²) in [5, 5.41) is 0. The minimum absolute atomic E-state index is 0.363. The molecule has 2 aromatic rings. The Morgan fingerprint density at radius 1 is 0.625 bits per heavy atom. The Balaban J connectivity index is 1.49. The number of esters is 2. The molecule has 32 heavy (non-hydrogen) atoms. The number of carbonyl (C=O) groups is 2. The van der Waals surface area contributed by atoms with Crippen LogP contribution in [0.1, 0.15) is 36.8 Å². The van der Waals surface area contributed by atoms with Crippen molar-refractivity contribution >= 4 is 24.1 Å². The average molecular weight is 439 g/mol. The molecule has 0 aliphatic rings. The summed E-state index contributed by atoms with van der Waals surface area (Å²) in [6.45, 7) is 0.742. The molecule has 0 unspecified atom stereocenters. The lowest BCUT2D eigenvalue weighted by Crippen LogP contribution is -2.03. The minimum Gasteiger partial charge on any atom is -0.497 e. The van der Waals surface area contributed by atoms with Gasteiger partial charge in [-0.2, -0.15) is 0 Å². The summed E-state index contributed by atoms with van der Waals surface area (Å²) in [6.07, 6.45) is 9.59. The summed E-state index contributed by atoms with van der Waals surface area (Å²) in [4.78, 5) is 23.5. The second kappa shape index (κ2) is 14.5. The van der Waals surface area contributed by atoms with Gasteiger partial charge in [0.05, 0.1) is 27.4 Å². The van der Waals surface area contributed by atoms with E-state index < -0.39 is 0 Å². The van der Waals surface area contributed by atoms with Gasteiger partial charge in [0.15, 0.2) is 0 Å². The van der Waals surface area contributed by atoms with Crippen molar-refractivity contribution in [2.45, 2.75) is 25.7 Å². The number of rotatable bonds is 13. The van der Waals surface area contributed by atoms with Crippen LogP contribution >= 0.6 is 0 Å². The van der Waals surface area contributed by atoms with Gasteiger partial charge in [-0.25, -0.2) is 9.59 Å². The molecule has 0 amide bonds. The first kappa shape index (κ1) is 24.7. The van der Waals surface area contributed by atoms with Crippen LogP contribution in [0.2, 0.25) is 0 Å². The fraction of sp³-hybridized carbons (Fsp3) is 0.308. The predicted molar refractivity (Wildman–Crippen MR) is 124 cm³/mol. The highest BCUT2D eigenvalue weighted by atomic mass is 16.5. The van der Waals surface area contributed by atoms with Gasteiger partial charge in [-0.15, -0.1) is 0 Å². The molecule has 0 aliphatic heterocycles. The number of ether oxygens (including phenoxy) is 4. The third-order valence-electron chi connectivity index (χ3n) is 4.58. The number of benzene rings is 2. The van der Waals surface area contributed by atoms with Crippen LogP contribution in [-0.4, -0.2) is 39.4 Å². The van der Waals surface area contributed by atoms with E-state index in [2.05, 4.69) is 0 Å². The largest absolute Gasteiger partial charge is 0.497 e. The molecule has 2 rings (SSSR count). The van der Waals surface area contributed by atoms with Gasteiger partial charge < -0.3 is 18.9 Å². The van der Waals surface area contributed by atoms with Crippen molar-refractivity contribution in [2.24, 2.45) is 0 Å². The molecular formula is C26H30O6. The molecule has 6 heteroatoms. The molecule has 0 spiro atoms. The van der Waals surface area contributed by atoms with E-state index in [1.165, 1.54) is 12.2 Å². The van der Waals surface area contributed by atoms with Crippen LogP contribution in [0.5, 0.6) is 11.5 Å². The van der Waals surface area contributed by atoms with Gasteiger partial charge in [0.1, 0.15) is 11.5 Å². The quantitative estimate of drug-likeness (QED) is 0.247. The predicted octanol–water partition coefficient (Wildman–Crippen LogP) is 5.08. The molecule has 0 fully saturated rings. The number of hydrogen-bond donors (Lipinski definition) is 0.